The van der Waals surface area contributed by atoms with Crippen LogP contribution in [-0.2, 0) is 5.41 Å². The van der Waals surface area contributed by atoms with E-state index in [1.54, 1.807) is 0 Å². The van der Waals surface area contributed by atoms with Crippen molar-refractivity contribution in [1.29, 1.82) is 0 Å². The Morgan fingerprint density at radius 1 is 0.339 bits per heavy atom. The first-order chi connectivity index (χ1) is 29.1. The van der Waals surface area contributed by atoms with Crippen LogP contribution in [0.5, 0.6) is 0 Å². The predicted octanol–water partition coefficient (Wildman–Crippen LogP) is 15.8. The molecule has 0 fully saturated rings. The summed E-state index contributed by atoms with van der Waals surface area (Å²) in [6.07, 6.45) is 0. The quantitative estimate of drug-likeness (QED) is 0.157. The third-order valence-corrected chi connectivity index (χ3v) is 12.5. The molecule has 1 aliphatic rings. The van der Waals surface area contributed by atoms with Crippen molar-refractivity contribution >= 4 is 38.6 Å². The molecular weight excluding hydrogens is 711 g/mol. The Hall–Kier alpha value is -7.48. The van der Waals surface area contributed by atoms with Gasteiger partial charge in [-0.2, -0.15) is 0 Å². The third kappa shape index (κ3) is 5.86. The second-order valence-corrected chi connectivity index (χ2v) is 15.8. The van der Waals surface area contributed by atoms with Crippen molar-refractivity contribution in [3.63, 3.8) is 0 Å². The van der Waals surface area contributed by atoms with E-state index in [-0.39, 0.29) is 5.41 Å². The van der Waals surface area contributed by atoms with Crippen molar-refractivity contribution < 1.29 is 0 Å². The Balaban J connectivity index is 0.996. The number of rotatable bonds is 7. The third-order valence-electron chi connectivity index (χ3n) is 12.5. The molecule has 0 spiro atoms. The van der Waals surface area contributed by atoms with E-state index in [9.17, 15) is 0 Å². The van der Waals surface area contributed by atoms with E-state index >= 15 is 0 Å². The summed E-state index contributed by atoms with van der Waals surface area (Å²) in [5.41, 5.74) is 17.0. The molecule has 1 heteroatoms. The van der Waals surface area contributed by atoms with Gasteiger partial charge in [0.25, 0.3) is 0 Å². The standard InChI is InChI=1S/C58H41N/c1-58(48-19-3-2-4-20-48)54-25-10-9-23-53(54)57-52(24-13-26-55(57)58)44-34-36-49(37-35-44)59(56-27-12-17-43-15-7-8-22-51(43)56)50-21-11-18-46(39-50)41-28-30-42(31-29-41)47-33-32-40-14-5-6-16-45(40)38-47/h2-39H,1H3. The highest BCUT2D eigenvalue weighted by Crippen LogP contribution is 2.55. The molecule has 0 aromatic heterocycles. The second-order valence-electron chi connectivity index (χ2n) is 15.8. The molecular formula is C58H41N. The van der Waals surface area contributed by atoms with Crippen LogP contribution in [0.25, 0.3) is 66.1 Å². The number of anilines is 3. The fourth-order valence-electron chi connectivity index (χ4n) is 9.53. The number of benzene rings is 10. The Labute approximate surface area is 346 Å². The fraction of sp³-hybridized carbons (Fsp3) is 0.0345. The molecule has 0 saturated heterocycles. The molecule has 0 heterocycles. The molecule has 10 aromatic rings. The molecule has 1 atom stereocenters. The average Bonchev–Trinajstić information content (AvgIpc) is 3.58. The highest BCUT2D eigenvalue weighted by atomic mass is 15.1. The van der Waals surface area contributed by atoms with E-state index in [1.165, 1.54) is 82.7 Å². The van der Waals surface area contributed by atoms with Crippen LogP contribution in [0.3, 0.4) is 0 Å². The smallest absolute Gasteiger partial charge is 0.0540 e. The summed E-state index contributed by atoms with van der Waals surface area (Å²) in [4.78, 5) is 2.41. The van der Waals surface area contributed by atoms with Crippen LogP contribution < -0.4 is 4.90 Å². The van der Waals surface area contributed by atoms with Crippen molar-refractivity contribution in [1.82, 2.24) is 0 Å². The van der Waals surface area contributed by atoms with Gasteiger partial charge in [0.15, 0.2) is 0 Å². The predicted molar refractivity (Wildman–Crippen MR) is 250 cm³/mol. The molecule has 0 amide bonds. The molecule has 0 radical (unpaired) electrons. The van der Waals surface area contributed by atoms with E-state index in [4.69, 9.17) is 0 Å². The molecule has 1 aliphatic carbocycles. The van der Waals surface area contributed by atoms with Crippen LogP contribution >= 0.6 is 0 Å². The van der Waals surface area contributed by atoms with Crippen molar-refractivity contribution in [2.24, 2.45) is 0 Å². The van der Waals surface area contributed by atoms with E-state index in [1.807, 2.05) is 0 Å². The van der Waals surface area contributed by atoms with Gasteiger partial charge in [0.2, 0.25) is 0 Å². The first-order valence-corrected chi connectivity index (χ1v) is 20.5. The Bertz CT molecular complexity index is 3150. The summed E-state index contributed by atoms with van der Waals surface area (Å²) >= 11 is 0. The Kier molecular flexibility index (Phi) is 8.34. The Morgan fingerprint density at radius 2 is 0.915 bits per heavy atom. The minimum Gasteiger partial charge on any atom is -0.310 e. The highest BCUT2D eigenvalue weighted by molar-refractivity contribution is 6.00. The van der Waals surface area contributed by atoms with E-state index in [2.05, 4.69) is 242 Å². The van der Waals surface area contributed by atoms with E-state index in [0.29, 0.717) is 0 Å². The lowest BCUT2D eigenvalue weighted by molar-refractivity contribution is 0.714. The monoisotopic (exact) mass is 751 g/mol. The number of hydrogen-bond acceptors (Lipinski definition) is 1. The fourth-order valence-corrected chi connectivity index (χ4v) is 9.53. The van der Waals surface area contributed by atoms with Crippen LogP contribution in [0.15, 0.2) is 231 Å². The molecule has 59 heavy (non-hydrogen) atoms. The maximum absolute atomic E-state index is 2.41. The van der Waals surface area contributed by atoms with Gasteiger partial charge in [-0.15, -0.1) is 0 Å². The molecule has 10 aromatic carbocycles. The van der Waals surface area contributed by atoms with Gasteiger partial charge < -0.3 is 4.90 Å². The zero-order chi connectivity index (χ0) is 39.3. The topological polar surface area (TPSA) is 3.24 Å². The SMILES string of the molecule is CC1(c2ccccc2)c2ccccc2-c2c(-c3ccc(N(c4cccc(-c5ccc(-c6ccc7ccccc7c6)cc5)c4)c4cccc5ccccc45)cc3)cccc21. The van der Waals surface area contributed by atoms with Crippen LogP contribution in [-0.4, -0.2) is 0 Å². The summed E-state index contributed by atoms with van der Waals surface area (Å²) in [6.45, 7) is 2.38. The van der Waals surface area contributed by atoms with Gasteiger partial charge in [0.05, 0.1) is 5.69 Å². The van der Waals surface area contributed by atoms with E-state index < -0.39 is 0 Å². The minimum atomic E-state index is -0.240. The lowest BCUT2D eigenvalue weighted by Crippen LogP contribution is -2.22. The van der Waals surface area contributed by atoms with Crippen LogP contribution in [0.1, 0.15) is 23.6 Å². The second kappa shape index (κ2) is 14.2. The zero-order valence-corrected chi connectivity index (χ0v) is 32.9. The van der Waals surface area contributed by atoms with Crippen molar-refractivity contribution in [2.45, 2.75) is 12.3 Å². The van der Waals surface area contributed by atoms with Gasteiger partial charge in [-0.1, -0.05) is 194 Å². The highest BCUT2D eigenvalue weighted by Gasteiger charge is 2.41. The van der Waals surface area contributed by atoms with Gasteiger partial charge in [0, 0.05) is 22.2 Å². The summed E-state index contributed by atoms with van der Waals surface area (Å²) in [7, 11) is 0. The van der Waals surface area contributed by atoms with Crippen LogP contribution in [0, 0.1) is 0 Å². The lowest BCUT2D eigenvalue weighted by Gasteiger charge is -2.28. The van der Waals surface area contributed by atoms with Crippen molar-refractivity contribution in [3.05, 3.63) is 247 Å². The molecule has 0 N–H and O–H groups in total. The normalized spacial score (nSPS) is 14.3. The summed E-state index contributed by atoms with van der Waals surface area (Å²) in [6, 6.07) is 84.5. The Morgan fingerprint density at radius 3 is 1.73 bits per heavy atom. The number of nitrogens with zero attached hydrogens (tertiary/aromatic N) is 1. The molecule has 1 unspecified atom stereocenters. The van der Waals surface area contributed by atoms with E-state index in [0.717, 1.165) is 17.1 Å². The van der Waals surface area contributed by atoms with Crippen molar-refractivity contribution in [2.75, 3.05) is 4.90 Å². The largest absolute Gasteiger partial charge is 0.310 e. The first kappa shape index (κ1) is 34.7. The van der Waals surface area contributed by atoms with Crippen molar-refractivity contribution in [3.8, 4) is 44.5 Å². The van der Waals surface area contributed by atoms with Crippen LogP contribution in [0.2, 0.25) is 0 Å². The summed E-state index contributed by atoms with van der Waals surface area (Å²) < 4.78 is 0. The maximum Gasteiger partial charge on any atom is 0.0540 e. The number of fused-ring (bicyclic) bond motifs is 5. The van der Waals surface area contributed by atoms with Gasteiger partial charge in [-0.3, -0.25) is 0 Å². The molecule has 0 saturated carbocycles. The maximum atomic E-state index is 2.41. The van der Waals surface area contributed by atoms with Crippen LogP contribution in [0.4, 0.5) is 17.1 Å². The average molecular weight is 752 g/mol. The van der Waals surface area contributed by atoms with Gasteiger partial charge >= 0.3 is 0 Å². The zero-order valence-electron chi connectivity index (χ0n) is 32.9. The minimum absolute atomic E-state index is 0.240. The molecule has 0 bridgehead atoms. The molecule has 11 rings (SSSR count). The van der Waals surface area contributed by atoms with Gasteiger partial charge in [-0.05, 0) is 121 Å². The summed E-state index contributed by atoms with van der Waals surface area (Å²) in [5, 5.41) is 4.94. The molecule has 0 aliphatic heterocycles. The summed E-state index contributed by atoms with van der Waals surface area (Å²) in [5.74, 6) is 0. The molecule has 278 valence electrons. The van der Waals surface area contributed by atoms with Gasteiger partial charge in [0.1, 0.15) is 0 Å². The molecule has 1 nitrogen and oxygen atoms in total. The lowest BCUT2D eigenvalue weighted by atomic mass is 9.74. The van der Waals surface area contributed by atoms with Gasteiger partial charge in [-0.25, -0.2) is 0 Å². The first-order valence-electron chi connectivity index (χ1n) is 20.5. The number of hydrogen-bond donors (Lipinski definition) is 0.